The monoisotopic (exact) mass is 975 g/mol. The van der Waals surface area contributed by atoms with Crippen LogP contribution in [0, 0.1) is 0 Å². The molecule has 1 fully saturated rings. The number of hydrogen-bond donors (Lipinski definition) is 3. The molecule has 398 valence electrons. The molecule has 6 atom stereocenters. The van der Waals surface area contributed by atoms with Crippen LogP contribution < -0.4 is 0 Å². The second kappa shape index (κ2) is 45.8. The van der Waals surface area contributed by atoms with Gasteiger partial charge in [-0.15, -0.1) is 0 Å². The predicted molar refractivity (Wildman–Crippen MR) is 276 cm³/mol. The SMILES string of the molecule is CC/C=C\C/C=C\C/C=C\CCCCCCCCCC(=O)OC1C(OCC(COC(=O)CCCCCCC/C=C\CCCCCC)OC(=O)CCCCCCCCCCC)OC(C(=O)O)C(O)C1O. The second-order valence-corrected chi connectivity index (χ2v) is 18.8. The summed E-state index contributed by atoms with van der Waals surface area (Å²) < 4.78 is 28.3. The number of allylic oxidation sites excluding steroid dienone is 8. The van der Waals surface area contributed by atoms with Crippen molar-refractivity contribution in [3.8, 4) is 0 Å². The van der Waals surface area contributed by atoms with Crippen molar-refractivity contribution in [3.63, 3.8) is 0 Å². The van der Waals surface area contributed by atoms with E-state index in [1.54, 1.807) is 0 Å². The fraction of sp³-hybridized carbons (Fsp3) is 0.789. The Kier molecular flexibility index (Phi) is 42.3. The van der Waals surface area contributed by atoms with E-state index < -0.39 is 67.3 Å². The van der Waals surface area contributed by atoms with Gasteiger partial charge in [-0.05, 0) is 77.0 Å². The summed E-state index contributed by atoms with van der Waals surface area (Å²) in [4.78, 5) is 50.8. The lowest BCUT2D eigenvalue weighted by atomic mass is 9.98. The van der Waals surface area contributed by atoms with Crippen LogP contribution in [0.25, 0.3) is 0 Å². The zero-order valence-electron chi connectivity index (χ0n) is 43.6. The highest BCUT2D eigenvalue weighted by atomic mass is 16.7. The predicted octanol–water partition coefficient (Wildman–Crippen LogP) is 13.4. The van der Waals surface area contributed by atoms with Crippen LogP contribution in [0.3, 0.4) is 0 Å². The maximum absolute atomic E-state index is 13.0. The normalized spacial score (nSPS) is 19.0. The van der Waals surface area contributed by atoms with Crippen molar-refractivity contribution in [1.29, 1.82) is 0 Å². The van der Waals surface area contributed by atoms with E-state index in [4.69, 9.17) is 23.7 Å². The Morgan fingerprint density at radius 1 is 0.493 bits per heavy atom. The summed E-state index contributed by atoms with van der Waals surface area (Å²) in [6, 6.07) is 0. The molecule has 0 saturated carbocycles. The van der Waals surface area contributed by atoms with E-state index in [9.17, 15) is 34.5 Å². The van der Waals surface area contributed by atoms with E-state index in [-0.39, 0.29) is 25.9 Å². The van der Waals surface area contributed by atoms with Crippen molar-refractivity contribution in [3.05, 3.63) is 48.6 Å². The summed E-state index contributed by atoms with van der Waals surface area (Å²) in [7, 11) is 0. The van der Waals surface area contributed by atoms with Gasteiger partial charge >= 0.3 is 23.9 Å². The molecule has 1 aliphatic heterocycles. The number of rotatable bonds is 46. The van der Waals surface area contributed by atoms with Crippen molar-refractivity contribution >= 4 is 23.9 Å². The number of hydrogen-bond acceptors (Lipinski definition) is 11. The molecule has 12 heteroatoms. The van der Waals surface area contributed by atoms with E-state index in [0.29, 0.717) is 19.3 Å². The molecule has 1 saturated heterocycles. The fourth-order valence-electron chi connectivity index (χ4n) is 8.14. The van der Waals surface area contributed by atoms with Crippen LogP contribution in [0.15, 0.2) is 48.6 Å². The fourth-order valence-corrected chi connectivity index (χ4v) is 8.14. The van der Waals surface area contributed by atoms with Gasteiger partial charge in [0, 0.05) is 19.3 Å². The first-order chi connectivity index (χ1) is 33.6. The third-order valence-electron chi connectivity index (χ3n) is 12.4. The highest BCUT2D eigenvalue weighted by Crippen LogP contribution is 2.26. The first kappa shape index (κ1) is 63.7. The van der Waals surface area contributed by atoms with Gasteiger partial charge in [0.15, 0.2) is 24.6 Å². The van der Waals surface area contributed by atoms with Crippen molar-refractivity contribution in [1.82, 2.24) is 0 Å². The van der Waals surface area contributed by atoms with Gasteiger partial charge in [0.1, 0.15) is 18.8 Å². The first-order valence-corrected chi connectivity index (χ1v) is 27.6. The molecule has 0 aliphatic carbocycles. The van der Waals surface area contributed by atoms with Crippen molar-refractivity contribution < 1.29 is 58.2 Å². The number of aliphatic hydroxyl groups is 2. The van der Waals surface area contributed by atoms with Crippen LogP contribution in [-0.4, -0.2) is 89.2 Å². The molecular weight excluding hydrogens is 877 g/mol. The van der Waals surface area contributed by atoms with E-state index in [2.05, 4.69) is 69.4 Å². The van der Waals surface area contributed by atoms with Crippen LogP contribution in [0.1, 0.15) is 239 Å². The van der Waals surface area contributed by atoms with Gasteiger partial charge in [-0.2, -0.15) is 0 Å². The molecule has 3 N–H and O–H groups in total. The van der Waals surface area contributed by atoms with Gasteiger partial charge < -0.3 is 39.0 Å². The summed E-state index contributed by atoms with van der Waals surface area (Å²) in [5.74, 6) is -3.13. The smallest absolute Gasteiger partial charge is 0.335 e. The molecule has 12 nitrogen and oxygen atoms in total. The highest BCUT2D eigenvalue weighted by molar-refractivity contribution is 5.74. The lowest BCUT2D eigenvalue weighted by Gasteiger charge is -2.40. The zero-order chi connectivity index (χ0) is 50.4. The lowest BCUT2D eigenvalue weighted by Crippen LogP contribution is -2.61. The summed E-state index contributed by atoms with van der Waals surface area (Å²) in [5, 5.41) is 31.4. The van der Waals surface area contributed by atoms with Crippen LogP contribution in [0.4, 0.5) is 0 Å². The molecule has 0 spiro atoms. The minimum Gasteiger partial charge on any atom is -0.479 e. The Bertz CT molecular complexity index is 1390. The van der Waals surface area contributed by atoms with Crippen molar-refractivity contribution in [2.45, 2.75) is 276 Å². The molecule has 1 rings (SSSR count). The Labute approximate surface area is 418 Å². The number of esters is 3. The van der Waals surface area contributed by atoms with Crippen LogP contribution in [0.2, 0.25) is 0 Å². The summed E-state index contributed by atoms with van der Waals surface area (Å²) >= 11 is 0. The highest BCUT2D eigenvalue weighted by Gasteiger charge is 2.50. The largest absolute Gasteiger partial charge is 0.479 e. The molecule has 6 unspecified atom stereocenters. The summed E-state index contributed by atoms with van der Waals surface area (Å²) in [6.07, 6.45) is 41.0. The Hall–Kier alpha value is -3.32. The molecule has 69 heavy (non-hydrogen) atoms. The Morgan fingerprint density at radius 3 is 1.42 bits per heavy atom. The van der Waals surface area contributed by atoms with Gasteiger partial charge in [0.05, 0.1) is 6.61 Å². The molecule has 0 radical (unpaired) electrons. The quantitative estimate of drug-likeness (QED) is 0.0228. The van der Waals surface area contributed by atoms with Gasteiger partial charge in [-0.25, -0.2) is 4.79 Å². The first-order valence-electron chi connectivity index (χ1n) is 27.6. The average molecular weight is 975 g/mol. The van der Waals surface area contributed by atoms with Crippen LogP contribution in [0.5, 0.6) is 0 Å². The van der Waals surface area contributed by atoms with Gasteiger partial charge in [0.25, 0.3) is 0 Å². The van der Waals surface area contributed by atoms with Gasteiger partial charge in [-0.3, -0.25) is 14.4 Å². The topological polar surface area (TPSA) is 175 Å². The van der Waals surface area contributed by atoms with E-state index in [0.717, 1.165) is 122 Å². The number of aliphatic hydroxyl groups excluding tert-OH is 2. The Morgan fingerprint density at radius 2 is 0.913 bits per heavy atom. The molecule has 0 aromatic heterocycles. The van der Waals surface area contributed by atoms with Crippen molar-refractivity contribution in [2.24, 2.45) is 0 Å². The maximum Gasteiger partial charge on any atom is 0.335 e. The van der Waals surface area contributed by atoms with Crippen LogP contribution in [-0.2, 0) is 42.9 Å². The Balaban J connectivity index is 2.68. The van der Waals surface area contributed by atoms with E-state index in [1.165, 1.54) is 57.8 Å². The third kappa shape index (κ3) is 36.3. The van der Waals surface area contributed by atoms with Gasteiger partial charge in [0.2, 0.25) is 0 Å². The van der Waals surface area contributed by atoms with Crippen molar-refractivity contribution in [2.75, 3.05) is 13.2 Å². The molecule has 0 aromatic carbocycles. The number of carbonyl (C=O) groups excluding carboxylic acids is 3. The molecule has 0 aromatic rings. The zero-order valence-corrected chi connectivity index (χ0v) is 43.6. The van der Waals surface area contributed by atoms with Gasteiger partial charge in [-0.1, -0.05) is 191 Å². The molecule has 0 bridgehead atoms. The standard InChI is InChI=1S/C57H98O12/c1-4-7-10-13-16-19-21-23-24-25-26-28-30-33-36-39-42-45-51(60)68-55-53(62)52(61)54(56(63)64)69-57(55)66-47-48(67-50(59)44-41-38-35-31-18-15-12-9-6-3)46-65-49(58)43-40-37-34-32-29-27-22-20-17-14-11-8-5-2/h7,10,16,19-20,22-24,48,52-55,57,61-62H,4-6,8-9,11-15,17-18,21,25-47H2,1-3H3,(H,63,64)/b10-7-,19-16-,22-20-,24-23-. The number of carbonyl (C=O) groups is 4. The molecule has 0 amide bonds. The number of ether oxygens (including phenoxy) is 5. The minimum atomic E-state index is -1.90. The summed E-state index contributed by atoms with van der Waals surface area (Å²) in [5.41, 5.74) is 0. The lowest BCUT2D eigenvalue weighted by molar-refractivity contribution is -0.301. The van der Waals surface area contributed by atoms with E-state index in [1.807, 2.05) is 0 Å². The number of carboxylic acid groups (broad SMARTS) is 1. The molecular formula is C57H98O12. The average Bonchev–Trinajstić information content (AvgIpc) is 3.33. The summed E-state index contributed by atoms with van der Waals surface area (Å²) in [6.45, 7) is 5.82. The second-order valence-electron chi connectivity index (χ2n) is 18.8. The maximum atomic E-state index is 13.0. The van der Waals surface area contributed by atoms with E-state index >= 15 is 0 Å². The third-order valence-corrected chi connectivity index (χ3v) is 12.4. The molecule has 1 heterocycles. The number of carboxylic acids is 1. The number of aliphatic carboxylic acids is 1. The minimum absolute atomic E-state index is 0.0498. The number of unbranched alkanes of at least 4 members (excludes halogenated alkanes) is 24. The molecule has 1 aliphatic rings. The van der Waals surface area contributed by atoms with Crippen LogP contribution >= 0.6 is 0 Å².